The highest BCUT2D eigenvalue weighted by Gasteiger charge is 2.15. The van der Waals surface area contributed by atoms with E-state index in [1.165, 1.54) is 11.0 Å². The number of hydrogen-bond donors (Lipinski definition) is 0. The second-order valence-electron chi connectivity index (χ2n) is 10.6. The SMILES string of the molecule is C/C=C\C=C(/CC)c1nc(-c2cccc(BCC(C)(C)C)c2)nc(-c2cccc(-c3ccccc3)c2)n1. The minimum atomic E-state index is 0.293. The molecule has 1 aromatic heterocycles. The van der Waals surface area contributed by atoms with Gasteiger partial charge in [0.25, 0.3) is 0 Å². The lowest BCUT2D eigenvalue weighted by molar-refractivity contribution is 0.468. The summed E-state index contributed by atoms with van der Waals surface area (Å²) < 4.78 is 0. The van der Waals surface area contributed by atoms with Crippen molar-refractivity contribution in [2.75, 3.05) is 0 Å². The van der Waals surface area contributed by atoms with Gasteiger partial charge in [0.2, 0.25) is 0 Å². The van der Waals surface area contributed by atoms with Gasteiger partial charge in [0.15, 0.2) is 24.8 Å². The van der Waals surface area contributed by atoms with Crippen molar-refractivity contribution in [2.24, 2.45) is 5.41 Å². The summed E-state index contributed by atoms with van der Waals surface area (Å²) in [6.07, 6.45) is 8.14. The predicted molar refractivity (Wildman–Crippen MR) is 160 cm³/mol. The van der Waals surface area contributed by atoms with Crippen LogP contribution in [0.5, 0.6) is 0 Å². The highest BCUT2D eigenvalue weighted by Crippen LogP contribution is 2.27. The van der Waals surface area contributed by atoms with Crippen molar-refractivity contribution in [3.8, 4) is 33.9 Å². The maximum Gasteiger partial charge on any atom is 0.164 e. The third kappa shape index (κ3) is 7.13. The standard InChI is InChI=1S/C33H36BN3/c1-6-8-14-24(7-2)30-35-31(27-18-12-17-26(21-27)25-15-10-9-11-16-25)37-32(36-30)28-19-13-20-29(22-28)34-23-33(3,4)5/h6,8-22,34H,7,23H2,1-5H3/b8-6-,24-14+. The van der Waals surface area contributed by atoms with Crippen LogP contribution >= 0.6 is 0 Å². The van der Waals surface area contributed by atoms with Crippen LogP contribution in [0.4, 0.5) is 0 Å². The van der Waals surface area contributed by atoms with Gasteiger partial charge >= 0.3 is 0 Å². The molecule has 0 bridgehead atoms. The second-order valence-corrected chi connectivity index (χ2v) is 10.6. The number of aromatic nitrogens is 3. The van der Waals surface area contributed by atoms with Crippen molar-refractivity contribution in [1.29, 1.82) is 0 Å². The van der Waals surface area contributed by atoms with Crippen molar-refractivity contribution >= 4 is 18.3 Å². The summed E-state index contributed by atoms with van der Waals surface area (Å²) in [7, 11) is 1.03. The topological polar surface area (TPSA) is 38.7 Å². The average Bonchev–Trinajstić information content (AvgIpc) is 2.92. The maximum absolute atomic E-state index is 4.99. The molecule has 4 rings (SSSR count). The Morgan fingerprint density at radius 1 is 0.757 bits per heavy atom. The maximum atomic E-state index is 4.99. The largest absolute Gasteiger partial charge is 0.209 e. The molecular formula is C33H36BN3. The molecule has 0 radical (unpaired) electrons. The average molecular weight is 485 g/mol. The molecule has 3 nitrogen and oxygen atoms in total. The van der Waals surface area contributed by atoms with E-state index in [0.29, 0.717) is 17.1 Å². The zero-order valence-corrected chi connectivity index (χ0v) is 22.7. The first-order chi connectivity index (χ1) is 17.9. The minimum absolute atomic E-state index is 0.293. The van der Waals surface area contributed by atoms with Crippen LogP contribution in [0.15, 0.2) is 97.1 Å². The molecule has 0 unspecified atom stereocenters. The molecule has 0 aliphatic rings. The van der Waals surface area contributed by atoms with E-state index in [9.17, 15) is 0 Å². The zero-order chi connectivity index (χ0) is 26.3. The highest BCUT2D eigenvalue weighted by atomic mass is 15.0. The zero-order valence-electron chi connectivity index (χ0n) is 22.7. The molecule has 0 fully saturated rings. The molecule has 0 amide bonds. The monoisotopic (exact) mass is 485 g/mol. The summed E-state index contributed by atoms with van der Waals surface area (Å²) >= 11 is 0. The van der Waals surface area contributed by atoms with Crippen molar-refractivity contribution in [1.82, 2.24) is 15.0 Å². The molecule has 186 valence electrons. The van der Waals surface area contributed by atoms with Gasteiger partial charge in [-0.2, -0.15) is 0 Å². The molecule has 1 heterocycles. The van der Waals surface area contributed by atoms with Gasteiger partial charge in [-0.15, -0.1) is 0 Å². The normalized spacial score (nSPS) is 12.2. The third-order valence-electron chi connectivity index (χ3n) is 6.37. The Morgan fingerprint density at radius 3 is 2.03 bits per heavy atom. The molecule has 3 aromatic carbocycles. The Labute approximate surface area is 222 Å². The Kier molecular flexibility index (Phi) is 8.50. The van der Waals surface area contributed by atoms with Crippen molar-refractivity contribution < 1.29 is 0 Å². The first kappa shape index (κ1) is 26.3. The fraction of sp³-hybridized carbons (Fsp3) is 0.242. The van der Waals surface area contributed by atoms with Crippen molar-refractivity contribution in [3.05, 3.63) is 103 Å². The van der Waals surface area contributed by atoms with Crippen LogP contribution in [0.1, 0.15) is 46.9 Å². The first-order valence-corrected chi connectivity index (χ1v) is 13.2. The van der Waals surface area contributed by atoms with Crippen LogP contribution in [0.25, 0.3) is 39.5 Å². The van der Waals surface area contributed by atoms with Crippen LogP contribution < -0.4 is 5.46 Å². The van der Waals surface area contributed by atoms with E-state index >= 15 is 0 Å². The summed E-state index contributed by atoms with van der Waals surface area (Å²) in [5, 5.41) is 0. The fourth-order valence-electron chi connectivity index (χ4n) is 4.19. The molecule has 0 aliphatic carbocycles. The number of benzene rings is 3. The number of allylic oxidation sites excluding steroid dienone is 4. The van der Waals surface area contributed by atoms with Crippen LogP contribution in [-0.4, -0.2) is 22.2 Å². The fourth-order valence-corrected chi connectivity index (χ4v) is 4.19. The van der Waals surface area contributed by atoms with Crippen molar-refractivity contribution in [2.45, 2.75) is 47.4 Å². The predicted octanol–water partition coefficient (Wildman–Crippen LogP) is 7.77. The Morgan fingerprint density at radius 2 is 1.38 bits per heavy atom. The molecule has 4 heteroatoms. The summed E-state index contributed by atoms with van der Waals surface area (Å²) in [6, 6.07) is 27.5. The third-order valence-corrected chi connectivity index (χ3v) is 6.37. The Bertz CT molecular complexity index is 1400. The van der Waals surface area contributed by atoms with Gasteiger partial charge in [-0.25, -0.2) is 15.0 Å². The van der Waals surface area contributed by atoms with Gasteiger partial charge in [0, 0.05) is 11.1 Å². The molecule has 0 N–H and O–H groups in total. The van der Waals surface area contributed by atoms with E-state index in [-0.39, 0.29) is 0 Å². The van der Waals surface area contributed by atoms with Gasteiger partial charge in [-0.1, -0.05) is 131 Å². The molecule has 4 aromatic rings. The molecule has 0 atom stereocenters. The minimum Gasteiger partial charge on any atom is -0.209 e. The van der Waals surface area contributed by atoms with Crippen LogP contribution in [0, 0.1) is 5.41 Å². The lowest BCUT2D eigenvalue weighted by atomic mass is 9.60. The van der Waals surface area contributed by atoms with E-state index in [1.54, 1.807) is 0 Å². The van der Waals surface area contributed by atoms with E-state index < -0.39 is 0 Å². The molecular weight excluding hydrogens is 449 g/mol. The van der Waals surface area contributed by atoms with E-state index in [2.05, 4.69) is 107 Å². The van der Waals surface area contributed by atoms with Gasteiger partial charge in [0.1, 0.15) is 0 Å². The molecule has 0 saturated carbocycles. The Hall–Kier alpha value is -3.79. The van der Waals surface area contributed by atoms with Gasteiger partial charge < -0.3 is 0 Å². The van der Waals surface area contributed by atoms with Gasteiger partial charge in [-0.05, 0) is 41.5 Å². The van der Waals surface area contributed by atoms with E-state index in [1.807, 2.05) is 25.1 Å². The lowest BCUT2D eigenvalue weighted by Crippen LogP contribution is -2.19. The number of nitrogens with zero attached hydrogens (tertiary/aromatic N) is 3. The van der Waals surface area contributed by atoms with Gasteiger partial charge in [-0.3, -0.25) is 0 Å². The van der Waals surface area contributed by atoms with Crippen LogP contribution in [-0.2, 0) is 0 Å². The van der Waals surface area contributed by atoms with E-state index in [0.717, 1.165) is 48.1 Å². The first-order valence-electron chi connectivity index (χ1n) is 13.2. The quantitative estimate of drug-likeness (QED) is 0.189. The highest BCUT2D eigenvalue weighted by molar-refractivity contribution is 6.53. The second kappa shape index (κ2) is 12.0. The summed E-state index contributed by atoms with van der Waals surface area (Å²) in [5.74, 6) is 2.13. The summed E-state index contributed by atoms with van der Waals surface area (Å²) in [6.45, 7) is 11.0. The smallest absolute Gasteiger partial charge is 0.164 e. The van der Waals surface area contributed by atoms with Crippen molar-refractivity contribution in [3.63, 3.8) is 0 Å². The van der Waals surface area contributed by atoms with Crippen LogP contribution in [0.3, 0.4) is 0 Å². The number of rotatable bonds is 8. The summed E-state index contributed by atoms with van der Waals surface area (Å²) in [5.41, 5.74) is 7.02. The lowest BCUT2D eigenvalue weighted by Gasteiger charge is -2.17. The van der Waals surface area contributed by atoms with Gasteiger partial charge in [0.05, 0.1) is 0 Å². The van der Waals surface area contributed by atoms with E-state index in [4.69, 9.17) is 15.0 Å². The summed E-state index contributed by atoms with van der Waals surface area (Å²) in [4.78, 5) is 14.9. The molecule has 0 aliphatic heterocycles. The van der Waals surface area contributed by atoms with Crippen LogP contribution in [0.2, 0.25) is 6.32 Å². The molecule has 0 spiro atoms. The molecule has 0 saturated heterocycles. The Balaban J connectivity index is 1.82. The molecule has 37 heavy (non-hydrogen) atoms. The number of hydrogen-bond acceptors (Lipinski definition) is 3.